The normalized spacial score (nSPS) is 14.8. The molecule has 0 radical (unpaired) electrons. The molecule has 0 heterocycles. The molecule has 0 aliphatic rings. The Balaban J connectivity index is 0. The van der Waals surface area contributed by atoms with Crippen molar-refractivity contribution >= 4 is 0 Å². The van der Waals surface area contributed by atoms with Crippen molar-refractivity contribution in [3.63, 3.8) is 0 Å². The van der Waals surface area contributed by atoms with Gasteiger partial charge in [0.2, 0.25) is 0 Å². The first-order valence-electron chi connectivity index (χ1n) is 6.26. The molecule has 0 aliphatic heterocycles. The molecular weight excluding hydrogens is 184 g/mol. The lowest BCUT2D eigenvalue weighted by Crippen LogP contribution is -2.14. The van der Waals surface area contributed by atoms with Crippen molar-refractivity contribution in [1.82, 2.24) is 0 Å². The summed E-state index contributed by atoms with van der Waals surface area (Å²) in [6.45, 7) is 14.1. The van der Waals surface area contributed by atoms with Gasteiger partial charge in [-0.25, -0.2) is 0 Å². The van der Waals surface area contributed by atoms with Gasteiger partial charge >= 0.3 is 0 Å². The second-order valence-corrected chi connectivity index (χ2v) is 5.46. The van der Waals surface area contributed by atoms with Crippen molar-refractivity contribution < 1.29 is 4.74 Å². The first-order chi connectivity index (χ1) is 6.86. The fourth-order valence-electron chi connectivity index (χ4n) is 1.52. The van der Waals surface area contributed by atoms with Gasteiger partial charge in [-0.1, -0.05) is 54.4 Å². The van der Waals surface area contributed by atoms with Gasteiger partial charge in [-0.05, 0) is 23.7 Å². The third-order valence-electron chi connectivity index (χ3n) is 3.15. The van der Waals surface area contributed by atoms with Gasteiger partial charge in [-0.3, -0.25) is 0 Å². The maximum Gasteiger partial charge on any atom is 0.0351 e. The van der Waals surface area contributed by atoms with Gasteiger partial charge in [-0.2, -0.15) is 0 Å². The molecule has 0 N–H and O–H groups in total. The summed E-state index contributed by atoms with van der Waals surface area (Å²) in [6.07, 6.45) is 2.79. The topological polar surface area (TPSA) is 9.23 Å². The van der Waals surface area contributed by atoms with Crippen molar-refractivity contribution in [2.45, 2.75) is 54.4 Å². The number of rotatable bonds is 5. The van der Waals surface area contributed by atoms with Crippen LogP contribution in [0.4, 0.5) is 0 Å². The second-order valence-electron chi connectivity index (χ2n) is 5.46. The van der Waals surface area contributed by atoms with Crippen LogP contribution in [0.25, 0.3) is 0 Å². The molecule has 0 saturated heterocycles. The molecule has 0 aromatic carbocycles. The molecular formula is C14H32O. The predicted octanol–water partition coefficient (Wildman–Crippen LogP) is 4.61. The molecule has 0 aromatic rings. The molecule has 0 amide bonds. The van der Waals surface area contributed by atoms with E-state index < -0.39 is 0 Å². The minimum atomic E-state index is 0.840. The smallest absolute Gasteiger partial charge is 0.0351 e. The van der Waals surface area contributed by atoms with Gasteiger partial charge < -0.3 is 4.74 Å². The Bertz CT molecular complexity index is 119. The maximum absolute atomic E-state index is 4.25. The van der Waals surface area contributed by atoms with Crippen LogP contribution in [0.5, 0.6) is 0 Å². The van der Waals surface area contributed by atoms with Crippen molar-refractivity contribution in [3.8, 4) is 0 Å². The molecule has 0 bridgehead atoms. The lowest BCUT2D eigenvalue weighted by Gasteiger charge is -2.23. The van der Waals surface area contributed by atoms with Crippen molar-refractivity contribution in [2.75, 3.05) is 14.2 Å². The molecule has 0 spiro atoms. The summed E-state index contributed by atoms with van der Waals surface area (Å²) in [5, 5.41) is 0. The monoisotopic (exact) mass is 216 g/mol. The molecule has 15 heavy (non-hydrogen) atoms. The summed E-state index contributed by atoms with van der Waals surface area (Å²) >= 11 is 0. The van der Waals surface area contributed by atoms with E-state index in [1.165, 1.54) is 12.8 Å². The minimum absolute atomic E-state index is 0.840. The van der Waals surface area contributed by atoms with Gasteiger partial charge in [0.15, 0.2) is 0 Å². The maximum atomic E-state index is 4.25. The lowest BCUT2D eigenvalue weighted by atomic mass is 9.82. The van der Waals surface area contributed by atoms with Gasteiger partial charge in [-0.15, -0.1) is 0 Å². The summed E-state index contributed by atoms with van der Waals surface area (Å²) in [4.78, 5) is 0. The standard InChI is InChI=1S/C12H26.C2H6O/c1-9(2)7-8-11(5)12(6)10(3)4;1-3-2/h9-12H,7-8H2,1-6H3;1-2H3. The zero-order chi connectivity index (χ0) is 12.4. The lowest BCUT2D eigenvalue weighted by molar-refractivity contribution is 0.268. The molecule has 2 atom stereocenters. The van der Waals surface area contributed by atoms with Crippen LogP contribution >= 0.6 is 0 Å². The van der Waals surface area contributed by atoms with Crippen LogP contribution in [-0.2, 0) is 4.74 Å². The highest BCUT2D eigenvalue weighted by molar-refractivity contribution is 4.65. The van der Waals surface area contributed by atoms with Gasteiger partial charge in [0, 0.05) is 14.2 Å². The molecule has 2 unspecified atom stereocenters. The first-order valence-corrected chi connectivity index (χ1v) is 6.26. The SMILES string of the molecule is CC(C)CCC(C)C(C)C(C)C.COC. The zero-order valence-corrected chi connectivity index (χ0v) is 12.1. The Labute approximate surface area is 97.6 Å². The molecule has 0 aliphatic carbocycles. The summed E-state index contributed by atoms with van der Waals surface area (Å²) in [5.74, 6) is 3.48. The van der Waals surface area contributed by atoms with E-state index in [1.807, 2.05) is 0 Å². The molecule has 0 rings (SSSR count). The Hall–Kier alpha value is -0.0400. The van der Waals surface area contributed by atoms with Crippen molar-refractivity contribution in [1.29, 1.82) is 0 Å². The second kappa shape index (κ2) is 10.5. The van der Waals surface area contributed by atoms with E-state index in [0.29, 0.717) is 0 Å². The van der Waals surface area contributed by atoms with Gasteiger partial charge in [0.05, 0.1) is 0 Å². The Morgan fingerprint density at radius 3 is 1.47 bits per heavy atom. The third-order valence-corrected chi connectivity index (χ3v) is 3.15. The van der Waals surface area contributed by atoms with Crippen LogP contribution in [-0.4, -0.2) is 14.2 Å². The molecule has 0 aromatic heterocycles. The van der Waals surface area contributed by atoms with E-state index in [1.54, 1.807) is 14.2 Å². The molecule has 1 heteroatoms. The number of hydrogen-bond donors (Lipinski definition) is 0. The van der Waals surface area contributed by atoms with E-state index in [2.05, 4.69) is 46.3 Å². The highest BCUT2D eigenvalue weighted by Gasteiger charge is 2.15. The number of hydrogen-bond acceptors (Lipinski definition) is 1. The predicted molar refractivity (Wildman–Crippen MR) is 70.2 cm³/mol. The number of methoxy groups -OCH3 is 1. The van der Waals surface area contributed by atoms with Crippen LogP contribution in [0.15, 0.2) is 0 Å². The molecule has 0 fully saturated rings. The summed E-state index contributed by atoms with van der Waals surface area (Å²) in [6, 6.07) is 0. The summed E-state index contributed by atoms with van der Waals surface area (Å²) in [7, 11) is 3.25. The highest BCUT2D eigenvalue weighted by atomic mass is 16.4. The van der Waals surface area contributed by atoms with Crippen LogP contribution in [0.1, 0.15) is 54.4 Å². The zero-order valence-electron chi connectivity index (χ0n) is 12.1. The third kappa shape index (κ3) is 11.9. The molecule has 1 nitrogen and oxygen atoms in total. The number of ether oxygens (including phenoxy) is 1. The van der Waals surface area contributed by atoms with E-state index in [4.69, 9.17) is 0 Å². The Morgan fingerprint density at radius 2 is 1.20 bits per heavy atom. The molecule has 0 saturated carbocycles. The Kier molecular flexibility index (Phi) is 12.1. The summed E-state index contributed by atoms with van der Waals surface area (Å²) in [5.41, 5.74) is 0. The Morgan fingerprint density at radius 1 is 0.800 bits per heavy atom. The van der Waals surface area contributed by atoms with Crippen LogP contribution in [0.3, 0.4) is 0 Å². The van der Waals surface area contributed by atoms with Crippen molar-refractivity contribution in [3.05, 3.63) is 0 Å². The van der Waals surface area contributed by atoms with Gasteiger partial charge in [0.25, 0.3) is 0 Å². The quantitative estimate of drug-likeness (QED) is 0.652. The average molecular weight is 216 g/mol. The average Bonchev–Trinajstić information content (AvgIpc) is 2.14. The van der Waals surface area contributed by atoms with E-state index in [0.717, 1.165) is 23.7 Å². The van der Waals surface area contributed by atoms with E-state index >= 15 is 0 Å². The highest BCUT2D eigenvalue weighted by Crippen LogP contribution is 2.25. The van der Waals surface area contributed by atoms with Crippen LogP contribution < -0.4 is 0 Å². The minimum Gasteiger partial charge on any atom is -0.388 e. The summed E-state index contributed by atoms with van der Waals surface area (Å²) < 4.78 is 4.25. The first kappa shape index (κ1) is 17.4. The van der Waals surface area contributed by atoms with Gasteiger partial charge in [0.1, 0.15) is 0 Å². The van der Waals surface area contributed by atoms with Crippen molar-refractivity contribution in [2.24, 2.45) is 23.7 Å². The fraction of sp³-hybridized carbons (Fsp3) is 1.00. The largest absolute Gasteiger partial charge is 0.388 e. The molecule has 94 valence electrons. The van der Waals surface area contributed by atoms with Crippen LogP contribution in [0, 0.1) is 23.7 Å². The van der Waals surface area contributed by atoms with E-state index in [-0.39, 0.29) is 0 Å². The van der Waals surface area contributed by atoms with E-state index in [9.17, 15) is 0 Å². The fourth-order valence-corrected chi connectivity index (χ4v) is 1.52. The van der Waals surface area contributed by atoms with Crippen LogP contribution in [0.2, 0.25) is 0 Å².